The Morgan fingerprint density at radius 1 is 1.29 bits per heavy atom. The number of nitrogens with zero attached hydrogens (tertiary/aromatic N) is 2. The lowest BCUT2D eigenvalue weighted by atomic mass is 9.73. The molecule has 0 N–H and O–H groups in total. The van der Waals surface area contributed by atoms with Crippen LogP contribution in [-0.4, -0.2) is 35.5 Å². The van der Waals surface area contributed by atoms with Crippen LogP contribution in [0, 0.1) is 11.3 Å². The first-order valence-electron chi connectivity index (χ1n) is 8.30. The van der Waals surface area contributed by atoms with E-state index in [2.05, 4.69) is 6.07 Å². The second-order valence-electron chi connectivity index (χ2n) is 7.72. The first kappa shape index (κ1) is 16.5. The molecule has 0 unspecified atom stereocenters. The highest BCUT2D eigenvalue weighted by Crippen LogP contribution is 2.46. The number of benzene rings is 1. The maximum absolute atomic E-state index is 12.4. The third-order valence-corrected chi connectivity index (χ3v) is 4.89. The highest BCUT2D eigenvalue weighted by Gasteiger charge is 2.46. The molecule has 5 heteroatoms. The van der Waals surface area contributed by atoms with E-state index in [4.69, 9.17) is 10.00 Å². The molecule has 24 heavy (non-hydrogen) atoms. The van der Waals surface area contributed by atoms with Gasteiger partial charge in [-0.1, -0.05) is 0 Å². The first-order valence-corrected chi connectivity index (χ1v) is 8.30. The van der Waals surface area contributed by atoms with Crippen LogP contribution in [0.4, 0.5) is 4.79 Å². The van der Waals surface area contributed by atoms with Crippen LogP contribution in [0.15, 0.2) is 18.2 Å². The summed E-state index contributed by atoms with van der Waals surface area (Å²) in [4.78, 5) is 26.3. The third kappa shape index (κ3) is 2.89. The Morgan fingerprint density at radius 2 is 1.96 bits per heavy atom. The lowest BCUT2D eigenvalue weighted by Gasteiger charge is -2.40. The lowest BCUT2D eigenvalue weighted by molar-refractivity contribution is 0.0166. The van der Waals surface area contributed by atoms with Crippen molar-refractivity contribution in [3.05, 3.63) is 34.9 Å². The van der Waals surface area contributed by atoms with E-state index in [0.717, 1.165) is 24.0 Å². The third-order valence-electron chi connectivity index (χ3n) is 4.89. The number of fused-ring (bicyclic) bond motifs is 2. The molecule has 1 amide bonds. The van der Waals surface area contributed by atoms with Crippen molar-refractivity contribution in [2.45, 2.75) is 51.0 Å². The number of Topliss-reactive ketones (excluding diaryl/α,β-unsaturated/α-hetero) is 1. The number of rotatable bonds is 0. The molecule has 1 heterocycles. The normalized spacial score (nSPS) is 19.1. The molecule has 1 saturated heterocycles. The summed E-state index contributed by atoms with van der Waals surface area (Å²) in [5.74, 6) is 0.139. The maximum Gasteiger partial charge on any atom is 0.410 e. The van der Waals surface area contributed by atoms with Gasteiger partial charge >= 0.3 is 6.09 Å². The molecule has 3 rings (SSSR count). The van der Waals surface area contributed by atoms with Gasteiger partial charge in [0.05, 0.1) is 11.6 Å². The highest BCUT2D eigenvalue weighted by atomic mass is 16.6. The summed E-state index contributed by atoms with van der Waals surface area (Å²) < 4.78 is 5.43. The number of nitriles is 1. The molecule has 0 atom stereocenters. The number of carbonyl (C=O) groups is 2. The van der Waals surface area contributed by atoms with Gasteiger partial charge in [0.25, 0.3) is 0 Å². The molecule has 1 aromatic rings. The van der Waals surface area contributed by atoms with Crippen molar-refractivity contribution >= 4 is 11.9 Å². The van der Waals surface area contributed by atoms with E-state index in [9.17, 15) is 9.59 Å². The smallest absolute Gasteiger partial charge is 0.410 e. The Labute approximate surface area is 142 Å². The van der Waals surface area contributed by atoms with Crippen molar-refractivity contribution in [2.75, 3.05) is 13.1 Å². The Bertz CT molecular complexity index is 732. The Kier molecular flexibility index (Phi) is 3.87. The van der Waals surface area contributed by atoms with Crippen molar-refractivity contribution in [1.82, 2.24) is 4.90 Å². The summed E-state index contributed by atoms with van der Waals surface area (Å²) >= 11 is 0. The number of amides is 1. The predicted molar refractivity (Wildman–Crippen MR) is 88.8 cm³/mol. The molecule has 1 aliphatic heterocycles. The number of likely N-dealkylation sites (tertiary alicyclic amines) is 1. The molecule has 0 saturated carbocycles. The molecule has 1 spiro atoms. The molecule has 1 aromatic carbocycles. The van der Waals surface area contributed by atoms with Crippen LogP contribution in [0.3, 0.4) is 0 Å². The van der Waals surface area contributed by atoms with E-state index in [0.29, 0.717) is 25.1 Å². The fourth-order valence-corrected chi connectivity index (χ4v) is 3.68. The highest BCUT2D eigenvalue weighted by molar-refractivity contribution is 6.02. The Hall–Kier alpha value is -2.35. The van der Waals surface area contributed by atoms with Gasteiger partial charge < -0.3 is 9.64 Å². The van der Waals surface area contributed by atoms with Gasteiger partial charge in [0.15, 0.2) is 5.78 Å². The van der Waals surface area contributed by atoms with Gasteiger partial charge in [0.2, 0.25) is 0 Å². The Balaban J connectivity index is 1.79. The maximum atomic E-state index is 12.4. The SMILES string of the molecule is CC(C)(C)OC(=O)N1CCC2(CC1)CC(=O)c1ccc(C#N)cc12. The van der Waals surface area contributed by atoms with Crippen LogP contribution in [-0.2, 0) is 10.2 Å². The van der Waals surface area contributed by atoms with Crippen LogP contribution in [0.5, 0.6) is 0 Å². The van der Waals surface area contributed by atoms with Gasteiger partial charge in [-0.2, -0.15) is 5.26 Å². The van der Waals surface area contributed by atoms with Crippen LogP contribution in [0.25, 0.3) is 0 Å². The lowest BCUT2D eigenvalue weighted by Crippen LogP contribution is -2.46. The number of ether oxygens (including phenoxy) is 1. The van der Waals surface area contributed by atoms with Gasteiger partial charge in [-0.15, -0.1) is 0 Å². The molecular formula is C19H22N2O3. The van der Waals surface area contributed by atoms with E-state index < -0.39 is 5.60 Å². The molecule has 2 aliphatic rings. The zero-order valence-corrected chi connectivity index (χ0v) is 14.4. The van der Waals surface area contributed by atoms with Gasteiger partial charge in [-0.3, -0.25) is 4.79 Å². The van der Waals surface area contributed by atoms with Crippen LogP contribution < -0.4 is 0 Å². The Morgan fingerprint density at radius 3 is 2.54 bits per heavy atom. The molecule has 1 fully saturated rings. The van der Waals surface area contributed by atoms with Gasteiger partial charge in [0, 0.05) is 30.5 Å². The second kappa shape index (κ2) is 5.62. The van der Waals surface area contributed by atoms with Crippen LogP contribution in [0.2, 0.25) is 0 Å². The molecule has 1 aliphatic carbocycles. The van der Waals surface area contributed by atoms with E-state index in [1.54, 1.807) is 17.0 Å². The van der Waals surface area contributed by atoms with Gasteiger partial charge in [0.1, 0.15) is 5.60 Å². The fourth-order valence-electron chi connectivity index (χ4n) is 3.68. The van der Waals surface area contributed by atoms with Gasteiger partial charge in [-0.25, -0.2) is 4.79 Å². The summed E-state index contributed by atoms with van der Waals surface area (Å²) in [5, 5.41) is 9.14. The van der Waals surface area contributed by atoms with Crippen LogP contribution in [0.1, 0.15) is 61.5 Å². The number of hydrogen-bond acceptors (Lipinski definition) is 4. The number of carbonyl (C=O) groups excluding carboxylic acids is 2. The van der Waals surface area contributed by atoms with E-state index in [1.807, 2.05) is 26.8 Å². The summed E-state index contributed by atoms with van der Waals surface area (Å²) in [6.07, 6.45) is 1.62. The van der Waals surface area contributed by atoms with E-state index in [-0.39, 0.29) is 17.3 Å². The van der Waals surface area contributed by atoms with Crippen LogP contribution >= 0.6 is 0 Å². The average Bonchev–Trinajstić information content (AvgIpc) is 2.78. The molecular weight excluding hydrogens is 304 g/mol. The van der Waals surface area contributed by atoms with Crippen molar-refractivity contribution < 1.29 is 14.3 Å². The zero-order valence-electron chi connectivity index (χ0n) is 14.4. The summed E-state index contributed by atoms with van der Waals surface area (Å²) in [7, 11) is 0. The zero-order chi connectivity index (χ0) is 17.5. The average molecular weight is 326 g/mol. The van der Waals surface area contributed by atoms with Crippen molar-refractivity contribution in [2.24, 2.45) is 0 Å². The largest absolute Gasteiger partial charge is 0.444 e. The minimum atomic E-state index is -0.510. The van der Waals surface area contributed by atoms with E-state index >= 15 is 0 Å². The molecule has 0 aromatic heterocycles. The minimum absolute atomic E-state index is 0.139. The fraction of sp³-hybridized carbons (Fsp3) is 0.526. The molecule has 0 radical (unpaired) electrons. The van der Waals surface area contributed by atoms with Crippen molar-refractivity contribution in [1.29, 1.82) is 5.26 Å². The monoisotopic (exact) mass is 326 g/mol. The van der Waals surface area contributed by atoms with Crippen molar-refractivity contribution in [3.8, 4) is 6.07 Å². The minimum Gasteiger partial charge on any atom is -0.444 e. The number of ketones is 1. The molecule has 0 bridgehead atoms. The summed E-state index contributed by atoms with van der Waals surface area (Å²) in [5.41, 5.74) is 1.55. The van der Waals surface area contributed by atoms with Crippen molar-refractivity contribution in [3.63, 3.8) is 0 Å². The summed E-state index contributed by atoms with van der Waals surface area (Å²) in [6, 6.07) is 7.47. The number of hydrogen-bond donors (Lipinski definition) is 0. The molecule has 5 nitrogen and oxygen atoms in total. The van der Waals surface area contributed by atoms with Gasteiger partial charge in [-0.05, 0) is 57.4 Å². The number of piperidine rings is 1. The first-order chi connectivity index (χ1) is 11.2. The standard InChI is InChI=1S/C19H22N2O3/c1-18(2,3)24-17(23)21-8-6-19(7-9-21)11-16(22)14-5-4-13(12-20)10-15(14)19/h4-5,10H,6-9,11H2,1-3H3. The summed E-state index contributed by atoms with van der Waals surface area (Å²) in [6.45, 7) is 6.69. The topological polar surface area (TPSA) is 70.4 Å². The molecule has 126 valence electrons. The quantitative estimate of drug-likeness (QED) is 0.732. The predicted octanol–water partition coefficient (Wildman–Crippen LogP) is 3.41. The second-order valence-corrected chi connectivity index (χ2v) is 7.72. The van der Waals surface area contributed by atoms with E-state index in [1.165, 1.54) is 0 Å².